The summed E-state index contributed by atoms with van der Waals surface area (Å²) in [6.45, 7) is 1.39. The van der Waals surface area contributed by atoms with E-state index in [4.69, 9.17) is 9.84 Å². The molecule has 6 heteroatoms. The Bertz CT molecular complexity index is 374. The third-order valence-corrected chi connectivity index (χ3v) is 2.84. The Morgan fingerprint density at radius 2 is 2.29 bits per heavy atom. The van der Waals surface area contributed by atoms with Gasteiger partial charge in [0.05, 0.1) is 32.1 Å². The van der Waals surface area contributed by atoms with Crippen LogP contribution in [-0.2, 0) is 17.7 Å². The van der Waals surface area contributed by atoms with Gasteiger partial charge in [0.1, 0.15) is 5.69 Å². The van der Waals surface area contributed by atoms with Crippen LogP contribution in [0, 0.1) is 5.92 Å². The van der Waals surface area contributed by atoms with Crippen LogP contribution in [0.1, 0.15) is 29.0 Å². The number of aldehydes is 1. The lowest BCUT2D eigenvalue weighted by Crippen LogP contribution is -2.13. The maximum atomic E-state index is 10.8. The van der Waals surface area contributed by atoms with E-state index >= 15 is 0 Å². The van der Waals surface area contributed by atoms with Gasteiger partial charge in [0, 0.05) is 0 Å². The summed E-state index contributed by atoms with van der Waals surface area (Å²) >= 11 is 0. The Labute approximate surface area is 99.6 Å². The molecular weight excluding hydrogens is 222 g/mol. The van der Waals surface area contributed by atoms with Gasteiger partial charge in [-0.15, -0.1) is 5.10 Å². The normalized spacial score (nSPS) is 15.1. The molecule has 2 rings (SSSR count). The van der Waals surface area contributed by atoms with Gasteiger partial charge in [0.25, 0.3) is 0 Å². The van der Waals surface area contributed by atoms with E-state index in [1.54, 1.807) is 4.68 Å². The van der Waals surface area contributed by atoms with Crippen molar-refractivity contribution >= 4 is 6.29 Å². The third-order valence-electron chi connectivity index (χ3n) is 2.84. The van der Waals surface area contributed by atoms with Crippen LogP contribution >= 0.6 is 0 Å². The lowest BCUT2D eigenvalue weighted by atomic mass is 10.2. The number of nitrogens with zero attached hydrogens (tertiary/aromatic N) is 3. The predicted molar refractivity (Wildman–Crippen MR) is 59.7 cm³/mol. The van der Waals surface area contributed by atoms with Gasteiger partial charge in [-0.05, 0) is 25.2 Å². The highest BCUT2D eigenvalue weighted by Gasteiger charge is 2.25. The van der Waals surface area contributed by atoms with E-state index in [-0.39, 0.29) is 6.61 Å². The number of rotatable bonds is 8. The van der Waals surface area contributed by atoms with Gasteiger partial charge in [-0.2, -0.15) is 0 Å². The van der Waals surface area contributed by atoms with E-state index in [1.165, 1.54) is 12.8 Å². The van der Waals surface area contributed by atoms with Crippen LogP contribution in [0.3, 0.4) is 0 Å². The SMILES string of the molecule is O=Cc1nnn(CCOCCO)c1CC1CC1. The molecule has 17 heavy (non-hydrogen) atoms. The van der Waals surface area contributed by atoms with Crippen LogP contribution in [0.25, 0.3) is 0 Å². The molecule has 0 atom stereocenters. The molecule has 0 saturated heterocycles. The number of hydrogen-bond acceptors (Lipinski definition) is 5. The highest BCUT2D eigenvalue weighted by atomic mass is 16.5. The van der Waals surface area contributed by atoms with Gasteiger partial charge in [0.2, 0.25) is 0 Å². The summed E-state index contributed by atoms with van der Waals surface area (Å²) < 4.78 is 6.91. The van der Waals surface area contributed by atoms with Crippen molar-refractivity contribution < 1.29 is 14.6 Å². The number of ether oxygens (including phenoxy) is 1. The van der Waals surface area contributed by atoms with Crippen LogP contribution in [0.2, 0.25) is 0 Å². The summed E-state index contributed by atoms with van der Waals surface area (Å²) in [5.74, 6) is 0.685. The van der Waals surface area contributed by atoms with Crippen molar-refractivity contribution in [2.45, 2.75) is 25.8 Å². The predicted octanol–water partition coefficient (Wildman–Crippen LogP) is 0.0520. The zero-order valence-corrected chi connectivity index (χ0v) is 9.71. The molecule has 94 valence electrons. The summed E-state index contributed by atoms with van der Waals surface area (Å²) in [6, 6.07) is 0. The van der Waals surface area contributed by atoms with Crippen molar-refractivity contribution in [2.75, 3.05) is 19.8 Å². The summed E-state index contributed by atoms with van der Waals surface area (Å²) in [5.41, 5.74) is 1.36. The van der Waals surface area contributed by atoms with Crippen LogP contribution in [0.5, 0.6) is 0 Å². The Morgan fingerprint density at radius 1 is 1.47 bits per heavy atom. The minimum absolute atomic E-state index is 0.0197. The molecule has 1 N–H and O–H groups in total. The zero-order chi connectivity index (χ0) is 12.1. The van der Waals surface area contributed by atoms with E-state index in [0.717, 1.165) is 18.4 Å². The molecule has 0 amide bonds. The molecule has 6 nitrogen and oxygen atoms in total. The van der Waals surface area contributed by atoms with Gasteiger partial charge < -0.3 is 9.84 Å². The first-order chi connectivity index (χ1) is 8.35. The number of carbonyl (C=O) groups excluding carboxylic acids is 1. The second-order valence-corrected chi connectivity index (χ2v) is 4.25. The van der Waals surface area contributed by atoms with Crippen LogP contribution in [-0.4, -0.2) is 46.2 Å². The van der Waals surface area contributed by atoms with Crippen LogP contribution in [0.15, 0.2) is 0 Å². The lowest BCUT2D eigenvalue weighted by molar-refractivity contribution is 0.0846. The number of carbonyl (C=O) groups is 1. The number of aliphatic hydroxyl groups is 1. The monoisotopic (exact) mass is 239 g/mol. The van der Waals surface area contributed by atoms with Crippen LogP contribution < -0.4 is 0 Å². The van der Waals surface area contributed by atoms with E-state index in [2.05, 4.69) is 10.3 Å². The molecule has 1 aromatic heterocycles. The minimum atomic E-state index is 0.0197. The molecule has 1 heterocycles. The molecule has 1 aromatic rings. The minimum Gasteiger partial charge on any atom is -0.394 e. The molecule has 0 bridgehead atoms. The summed E-state index contributed by atoms with van der Waals surface area (Å²) in [7, 11) is 0. The summed E-state index contributed by atoms with van der Waals surface area (Å²) in [5, 5.41) is 16.4. The third kappa shape index (κ3) is 3.34. The summed E-state index contributed by atoms with van der Waals surface area (Å²) in [4.78, 5) is 10.8. The first kappa shape index (κ1) is 12.2. The van der Waals surface area contributed by atoms with Crippen molar-refractivity contribution in [1.82, 2.24) is 15.0 Å². The Balaban J connectivity index is 1.94. The topological polar surface area (TPSA) is 77.2 Å². The van der Waals surface area contributed by atoms with Crippen molar-refractivity contribution in [3.05, 3.63) is 11.4 Å². The Kier molecular flexibility index (Phi) is 4.22. The van der Waals surface area contributed by atoms with Gasteiger partial charge >= 0.3 is 0 Å². The molecular formula is C11H17N3O3. The fraction of sp³-hybridized carbons (Fsp3) is 0.727. The lowest BCUT2D eigenvalue weighted by Gasteiger charge is -2.06. The molecule has 1 saturated carbocycles. The van der Waals surface area contributed by atoms with Crippen molar-refractivity contribution in [3.8, 4) is 0 Å². The second-order valence-electron chi connectivity index (χ2n) is 4.25. The zero-order valence-electron chi connectivity index (χ0n) is 9.71. The first-order valence-electron chi connectivity index (χ1n) is 5.91. The van der Waals surface area contributed by atoms with E-state index < -0.39 is 0 Å². The second kappa shape index (κ2) is 5.88. The molecule has 0 unspecified atom stereocenters. The fourth-order valence-electron chi connectivity index (χ4n) is 1.74. The first-order valence-corrected chi connectivity index (χ1v) is 5.91. The molecule has 1 aliphatic rings. The van der Waals surface area contributed by atoms with E-state index in [1.807, 2.05) is 0 Å². The van der Waals surface area contributed by atoms with E-state index in [0.29, 0.717) is 31.4 Å². The Morgan fingerprint density at radius 3 is 2.94 bits per heavy atom. The maximum Gasteiger partial charge on any atom is 0.172 e. The number of aliphatic hydroxyl groups excluding tert-OH is 1. The van der Waals surface area contributed by atoms with Crippen molar-refractivity contribution in [2.24, 2.45) is 5.92 Å². The highest BCUT2D eigenvalue weighted by molar-refractivity contribution is 5.73. The average Bonchev–Trinajstić information content (AvgIpc) is 3.07. The van der Waals surface area contributed by atoms with Crippen LogP contribution in [0.4, 0.5) is 0 Å². The molecule has 1 aliphatic carbocycles. The van der Waals surface area contributed by atoms with Gasteiger partial charge in [-0.3, -0.25) is 4.79 Å². The molecule has 1 fully saturated rings. The largest absolute Gasteiger partial charge is 0.394 e. The van der Waals surface area contributed by atoms with E-state index in [9.17, 15) is 4.79 Å². The highest BCUT2D eigenvalue weighted by Crippen LogP contribution is 2.32. The fourth-order valence-corrected chi connectivity index (χ4v) is 1.74. The molecule has 0 spiro atoms. The Hall–Kier alpha value is -1.27. The van der Waals surface area contributed by atoms with Gasteiger partial charge in [-0.25, -0.2) is 4.68 Å². The number of hydrogen-bond donors (Lipinski definition) is 1. The molecule has 0 aromatic carbocycles. The van der Waals surface area contributed by atoms with Gasteiger partial charge in [0.15, 0.2) is 6.29 Å². The quantitative estimate of drug-likeness (QED) is 0.512. The molecule has 0 aliphatic heterocycles. The standard InChI is InChI=1S/C11H17N3O3/c15-4-6-17-5-3-14-11(7-9-1-2-9)10(8-16)12-13-14/h8-9,15H,1-7H2. The van der Waals surface area contributed by atoms with Crippen molar-refractivity contribution in [1.29, 1.82) is 0 Å². The number of aromatic nitrogens is 3. The molecule has 0 radical (unpaired) electrons. The maximum absolute atomic E-state index is 10.8. The van der Waals surface area contributed by atoms with Gasteiger partial charge in [-0.1, -0.05) is 5.21 Å². The average molecular weight is 239 g/mol. The smallest absolute Gasteiger partial charge is 0.172 e. The summed E-state index contributed by atoms with van der Waals surface area (Å²) in [6.07, 6.45) is 4.09. The van der Waals surface area contributed by atoms with Crippen molar-refractivity contribution in [3.63, 3.8) is 0 Å².